The van der Waals surface area contributed by atoms with E-state index in [1.807, 2.05) is 48.7 Å². The third-order valence-electron chi connectivity index (χ3n) is 4.52. The fourth-order valence-electron chi connectivity index (χ4n) is 3.34. The number of rotatable bonds is 4. The monoisotopic (exact) mass is 393 g/mol. The van der Waals surface area contributed by atoms with Crippen LogP contribution in [0.25, 0.3) is 11.3 Å². The molecule has 0 unspecified atom stereocenters. The van der Waals surface area contributed by atoms with E-state index in [0.29, 0.717) is 23.9 Å². The quantitative estimate of drug-likeness (QED) is 0.483. The van der Waals surface area contributed by atoms with Gasteiger partial charge in [0, 0.05) is 16.0 Å². The lowest BCUT2D eigenvalue weighted by molar-refractivity contribution is 0.340. The Balaban J connectivity index is 1.73. The molecule has 4 heterocycles. The molecule has 0 amide bonds. The van der Waals surface area contributed by atoms with Gasteiger partial charge >= 0.3 is 0 Å². The fourth-order valence-corrected chi connectivity index (χ4v) is 4.16. The Morgan fingerprint density at radius 3 is 2.86 bits per heavy atom. The van der Waals surface area contributed by atoms with Crippen LogP contribution in [0.15, 0.2) is 46.6 Å². The van der Waals surface area contributed by atoms with Gasteiger partial charge in [-0.1, -0.05) is 11.2 Å². The van der Waals surface area contributed by atoms with Crippen molar-refractivity contribution in [1.29, 1.82) is 0 Å². The van der Waals surface area contributed by atoms with E-state index >= 15 is 0 Å². The van der Waals surface area contributed by atoms with Crippen LogP contribution in [0, 0.1) is 0 Å². The molecule has 10 heteroatoms. The standard InChI is InChI=1S/C18H15N7O2S/c1-2-27-11-7-5-10(6-8-11)14-13-15(17(26)21-20-14)19-18-22-23-24-25(18)16(13)12-4-3-9-28-12/h3-9,16H,2H2,1H3,(H,21,26)(H,19,22,24)/t16-/m1/s1. The summed E-state index contributed by atoms with van der Waals surface area (Å²) in [5.41, 5.74) is 2.33. The van der Waals surface area contributed by atoms with Crippen molar-refractivity contribution in [1.82, 2.24) is 30.4 Å². The lowest BCUT2D eigenvalue weighted by atomic mass is 9.96. The molecule has 0 fully saturated rings. The number of aromatic amines is 1. The van der Waals surface area contributed by atoms with Crippen LogP contribution in [0.3, 0.4) is 0 Å². The van der Waals surface area contributed by atoms with Crippen molar-refractivity contribution in [3.05, 3.63) is 62.6 Å². The third kappa shape index (κ3) is 2.57. The second kappa shape index (κ2) is 6.57. The molecule has 9 nitrogen and oxygen atoms in total. The smallest absolute Gasteiger partial charge is 0.288 e. The molecule has 1 aromatic carbocycles. The summed E-state index contributed by atoms with van der Waals surface area (Å²) in [6.07, 6.45) is 0. The van der Waals surface area contributed by atoms with E-state index in [2.05, 4.69) is 31.0 Å². The van der Waals surface area contributed by atoms with Gasteiger partial charge in [-0.15, -0.1) is 11.3 Å². The molecule has 1 atom stereocenters. The summed E-state index contributed by atoms with van der Waals surface area (Å²) in [5.74, 6) is 1.19. The highest BCUT2D eigenvalue weighted by Crippen LogP contribution is 2.42. The molecular weight excluding hydrogens is 378 g/mol. The zero-order chi connectivity index (χ0) is 19.1. The maximum Gasteiger partial charge on any atom is 0.288 e. The number of benzene rings is 1. The molecule has 1 aliphatic heterocycles. The summed E-state index contributed by atoms with van der Waals surface area (Å²) in [4.78, 5) is 13.6. The van der Waals surface area contributed by atoms with Crippen LogP contribution in [0.1, 0.15) is 23.4 Å². The van der Waals surface area contributed by atoms with E-state index in [-0.39, 0.29) is 11.6 Å². The van der Waals surface area contributed by atoms with Gasteiger partial charge in [0.2, 0.25) is 5.95 Å². The number of anilines is 2. The highest BCUT2D eigenvalue weighted by atomic mass is 32.1. The third-order valence-corrected chi connectivity index (χ3v) is 5.44. The summed E-state index contributed by atoms with van der Waals surface area (Å²) >= 11 is 1.57. The molecule has 140 valence electrons. The first-order valence-electron chi connectivity index (χ1n) is 8.70. The topological polar surface area (TPSA) is 111 Å². The Morgan fingerprint density at radius 2 is 2.11 bits per heavy atom. The highest BCUT2D eigenvalue weighted by molar-refractivity contribution is 7.10. The van der Waals surface area contributed by atoms with Gasteiger partial charge in [0.25, 0.3) is 5.56 Å². The number of ether oxygens (including phenoxy) is 1. The van der Waals surface area contributed by atoms with Gasteiger partial charge in [0.15, 0.2) is 0 Å². The van der Waals surface area contributed by atoms with Crippen LogP contribution in [0.4, 0.5) is 11.6 Å². The van der Waals surface area contributed by atoms with Gasteiger partial charge in [-0.2, -0.15) is 9.78 Å². The van der Waals surface area contributed by atoms with Crippen molar-refractivity contribution in [3.8, 4) is 17.0 Å². The highest BCUT2D eigenvalue weighted by Gasteiger charge is 2.34. The molecule has 2 N–H and O–H groups in total. The minimum absolute atomic E-state index is 0.319. The molecule has 5 rings (SSSR count). The fraction of sp³-hybridized carbons (Fsp3) is 0.167. The van der Waals surface area contributed by atoms with E-state index < -0.39 is 0 Å². The Hall–Kier alpha value is -3.53. The first kappa shape index (κ1) is 16.6. The second-order valence-corrected chi connectivity index (χ2v) is 7.12. The first-order chi connectivity index (χ1) is 13.8. The van der Waals surface area contributed by atoms with Crippen LogP contribution >= 0.6 is 11.3 Å². The van der Waals surface area contributed by atoms with Crippen LogP contribution < -0.4 is 15.6 Å². The average molecular weight is 393 g/mol. The Bertz CT molecular complexity index is 1180. The van der Waals surface area contributed by atoms with Crippen molar-refractivity contribution >= 4 is 23.0 Å². The van der Waals surface area contributed by atoms with Crippen LogP contribution in [0.2, 0.25) is 0 Å². The van der Waals surface area contributed by atoms with Gasteiger partial charge in [0.05, 0.1) is 12.3 Å². The van der Waals surface area contributed by atoms with Crippen LogP contribution in [0.5, 0.6) is 5.75 Å². The molecule has 0 saturated heterocycles. The summed E-state index contributed by atoms with van der Waals surface area (Å²) in [6, 6.07) is 11.2. The predicted octanol–water partition coefficient (Wildman–Crippen LogP) is 2.58. The average Bonchev–Trinajstić information content (AvgIpc) is 3.40. The summed E-state index contributed by atoms with van der Waals surface area (Å²) in [5, 5.41) is 23.9. The summed E-state index contributed by atoms with van der Waals surface area (Å²) in [6.45, 7) is 2.53. The number of tetrazole rings is 1. The number of hydrogen-bond acceptors (Lipinski definition) is 8. The minimum atomic E-state index is -0.349. The van der Waals surface area contributed by atoms with Crippen molar-refractivity contribution < 1.29 is 4.74 Å². The van der Waals surface area contributed by atoms with Gasteiger partial charge < -0.3 is 10.1 Å². The number of thiophene rings is 1. The van der Waals surface area contributed by atoms with Crippen molar-refractivity contribution in [2.24, 2.45) is 0 Å². The molecule has 0 spiro atoms. The maximum atomic E-state index is 12.6. The molecule has 0 radical (unpaired) electrons. The zero-order valence-corrected chi connectivity index (χ0v) is 15.6. The lowest BCUT2D eigenvalue weighted by Crippen LogP contribution is -2.28. The number of aromatic nitrogens is 6. The number of fused-ring (bicyclic) bond motifs is 2. The first-order valence-corrected chi connectivity index (χ1v) is 9.58. The van der Waals surface area contributed by atoms with E-state index in [4.69, 9.17) is 4.74 Å². The van der Waals surface area contributed by atoms with Crippen molar-refractivity contribution in [3.63, 3.8) is 0 Å². The molecule has 1 aliphatic rings. The van der Waals surface area contributed by atoms with Crippen LogP contribution in [-0.2, 0) is 0 Å². The molecule has 4 aromatic rings. The number of nitrogens with one attached hydrogen (secondary N) is 2. The maximum absolute atomic E-state index is 12.6. The normalized spacial score (nSPS) is 14.8. The van der Waals surface area contributed by atoms with Crippen molar-refractivity contribution in [2.75, 3.05) is 11.9 Å². The molecular formula is C18H15N7O2S. The van der Waals surface area contributed by atoms with Gasteiger partial charge in [-0.25, -0.2) is 5.10 Å². The number of hydrogen-bond donors (Lipinski definition) is 2. The Morgan fingerprint density at radius 1 is 1.25 bits per heavy atom. The summed E-state index contributed by atoms with van der Waals surface area (Å²) < 4.78 is 7.20. The summed E-state index contributed by atoms with van der Waals surface area (Å²) in [7, 11) is 0. The predicted molar refractivity (Wildman–Crippen MR) is 104 cm³/mol. The largest absolute Gasteiger partial charge is 0.494 e. The molecule has 0 bridgehead atoms. The van der Waals surface area contributed by atoms with E-state index in [9.17, 15) is 4.79 Å². The number of H-pyrrole nitrogens is 1. The molecule has 28 heavy (non-hydrogen) atoms. The van der Waals surface area contributed by atoms with Crippen molar-refractivity contribution in [2.45, 2.75) is 13.0 Å². The molecule has 3 aromatic heterocycles. The van der Waals surface area contributed by atoms with Gasteiger partial charge in [-0.05, 0) is 53.1 Å². The molecule has 0 saturated carbocycles. The minimum Gasteiger partial charge on any atom is -0.494 e. The number of nitrogens with zero attached hydrogens (tertiary/aromatic N) is 5. The Labute approximate surface area is 163 Å². The van der Waals surface area contributed by atoms with E-state index in [1.54, 1.807) is 16.0 Å². The Kier molecular flexibility index (Phi) is 3.90. The van der Waals surface area contributed by atoms with E-state index in [0.717, 1.165) is 21.8 Å². The molecule has 0 aliphatic carbocycles. The van der Waals surface area contributed by atoms with E-state index in [1.165, 1.54) is 0 Å². The second-order valence-electron chi connectivity index (χ2n) is 6.14. The van der Waals surface area contributed by atoms with Gasteiger partial charge in [0.1, 0.15) is 17.5 Å². The lowest BCUT2D eigenvalue weighted by Gasteiger charge is -2.26. The van der Waals surface area contributed by atoms with Gasteiger partial charge in [-0.3, -0.25) is 4.79 Å². The SMILES string of the molecule is CCOc1ccc(-c2n[nH]c(=O)c3c2[C@@H](c2cccs2)n2nnnc2N3)cc1. The zero-order valence-electron chi connectivity index (χ0n) is 14.8. The van der Waals surface area contributed by atoms with Crippen LogP contribution in [-0.4, -0.2) is 37.0 Å².